The van der Waals surface area contributed by atoms with E-state index in [2.05, 4.69) is 14.9 Å². The Kier molecular flexibility index (Phi) is 13.4. The molecule has 212 valence electrons. The van der Waals surface area contributed by atoms with Crippen LogP contribution < -0.4 is 10.6 Å². The minimum absolute atomic E-state index is 0.132. The van der Waals surface area contributed by atoms with Gasteiger partial charge in [0.15, 0.2) is 0 Å². The molecular formula is C27H45N7O3S. The summed E-state index contributed by atoms with van der Waals surface area (Å²) in [6, 6.07) is 3.71. The van der Waals surface area contributed by atoms with Crippen molar-refractivity contribution in [3.05, 3.63) is 24.5 Å². The molecule has 1 aromatic rings. The summed E-state index contributed by atoms with van der Waals surface area (Å²) in [6.45, 7) is 6.01. The van der Waals surface area contributed by atoms with E-state index in [1.165, 1.54) is 0 Å². The van der Waals surface area contributed by atoms with Crippen molar-refractivity contribution in [1.29, 1.82) is 5.26 Å². The molecule has 0 amide bonds. The van der Waals surface area contributed by atoms with E-state index in [0.717, 1.165) is 116 Å². The van der Waals surface area contributed by atoms with Crippen molar-refractivity contribution in [1.82, 2.24) is 14.2 Å². The molecule has 1 aliphatic heterocycles. The van der Waals surface area contributed by atoms with Crippen LogP contribution in [0.25, 0.3) is 0 Å². The summed E-state index contributed by atoms with van der Waals surface area (Å²) in [5.41, 5.74) is 6.74. The maximum Gasteiger partial charge on any atom is 0.235 e. The molecule has 0 spiro atoms. The number of unbranched alkanes of at least 4 members (excludes halogenated alkanes) is 5. The topological polar surface area (TPSA) is 131 Å². The van der Waals surface area contributed by atoms with E-state index in [1.807, 2.05) is 21.3 Å². The summed E-state index contributed by atoms with van der Waals surface area (Å²) in [6.07, 6.45) is 17.7. The van der Waals surface area contributed by atoms with Crippen molar-refractivity contribution in [2.45, 2.75) is 82.6 Å². The number of hydrogen-bond donors (Lipinski definition) is 2. The first kappa shape index (κ1) is 30.4. The van der Waals surface area contributed by atoms with Gasteiger partial charge < -0.3 is 15.4 Å². The number of rotatable bonds is 16. The predicted molar refractivity (Wildman–Crippen MR) is 152 cm³/mol. The molecule has 1 saturated carbocycles. The van der Waals surface area contributed by atoms with Crippen LogP contribution in [0.3, 0.4) is 0 Å². The molecule has 2 aliphatic rings. The van der Waals surface area contributed by atoms with Gasteiger partial charge in [-0.2, -0.15) is 9.57 Å². The smallest absolute Gasteiger partial charge is 0.235 e. The van der Waals surface area contributed by atoms with Gasteiger partial charge in [0.1, 0.15) is 0 Å². The molecule has 11 heteroatoms. The fourth-order valence-electron chi connectivity index (χ4n) is 5.84. The minimum Gasteiger partial charge on any atom is -0.379 e. The van der Waals surface area contributed by atoms with Gasteiger partial charge in [0, 0.05) is 49.8 Å². The average Bonchev–Trinajstić information content (AvgIpc) is 3.40. The molecular weight excluding hydrogens is 502 g/mol. The van der Waals surface area contributed by atoms with Crippen molar-refractivity contribution in [2.24, 2.45) is 10.7 Å². The van der Waals surface area contributed by atoms with Gasteiger partial charge in [-0.15, -0.1) is 4.99 Å². The van der Waals surface area contributed by atoms with Crippen LogP contribution >= 0.6 is 0 Å². The highest BCUT2D eigenvalue weighted by molar-refractivity contribution is 7.76. The lowest BCUT2D eigenvalue weighted by Crippen LogP contribution is -2.48. The largest absolute Gasteiger partial charge is 0.379 e. The number of pyridine rings is 1. The second-order valence-electron chi connectivity index (χ2n) is 10.4. The van der Waals surface area contributed by atoms with Gasteiger partial charge in [0.05, 0.1) is 13.2 Å². The number of nitrogens with two attached hydrogens (primary N) is 1. The molecule has 0 aromatic carbocycles. The third kappa shape index (κ3) is 9.58. The molecule has 0 bridgehead atoms. The number of aromatic nitrogens is 1. The highest BCUT2D eigenvalue weighted by Crippen LogP contribution is 2.40. The van der Waals surface area contributed by atoms with E-state index in [0.29, 0.717) is 13.1 Å². The van der Waals surface area contributed by atoms with Gasteiger partial charge in [-0.1, -0.05) is 38.5 Å². The average molecular weight is 548 g/mol. The lowest BCUT2D eigenvalue weighted by Gasteiger charge is -2.39. The molecule has 1 atom stereocenters. The van der Waals surface area contributed by atoms with Gasteiger partial charge in [-0.25, -0.2) is 4.21 Å². The standard InChI is InChI=1S/C27H45N7O3S/c28-24-31-26(29)33(25-10-15-30-16-11-25)18-7-3-1-2-4-8-19-34(38(35)36)27(12-5-6-13-27)14-9-17-32-20-22-37-23-21-32/h10-11,15-16H,1-9,12-14,17-23H2,(H2,29,31)(H,35,36). The molecule has 1 saturated heterocycles. The summed E-state index contributed by atoms with van der Waals surface area (Å²) in [5.74, 6) is 0.196. The maximum absolute atomic E-state index is 12.4. The van der Waals surface area contributed by atoms with Crippen molar-refractivity contribution in [3.8, 4) is 6.19 Å². The van der Waals surface area contributed by atoms with Gasteiger partial charge in [-0.3, -0.25) is 14.4 Å². The van der Waals surface area contributed by atoms with Crippen LogP contribution in [0.1, 0.15) is 77.0 Å². The SMILES string of the molecule is N#CN=C(N)N(CCCCCCCCN(S(=O)O)C1(CCCN2CCOCC2)CCCC1)c1ccncc1. The van der Waals surface area contributed by atoms with Gasteiger partial charge >= 0.3 is 0 Å². The number of nitrogens with zero attached hydrogens (tertiary/aromatic N) is 6. The second kappa shape index (κ2) is 16.8. The Bertz CT molecular complexity index is 900. The zero-order chi connectivity index (χ0) is 27.1. The van der Waals surface area contributed by atoms with Crippen molar-refractivity contribution < 1.29 is 13.5 Å². The Labute approximate surface area is 230 Å². The lowest BCUT2D eigenvalue weighted by atomic mass is 9.91. The molecule has 1 aliphatic carbocycles. The van der Waals surface area contributed by atoms with Crippen LogP contribution in [0.15, 0.2) is 29.5 Å². The quantitative estimate of drug-likeness (QED) is 0.105. The first-order valence-corrected chi connectivity index (χ1v) is 15.2. The van der Waals surface area contributed by atoms with E-state index in [-0.39, 0.29) is 11.5 Å². The molecule has 38 heavy (non-hydrogen) atoms. The third-order valence-electron chi connectivity index (χ3n) is 7.88. The van der Waals surface area contributed by atoms with Crippen LogP contribution in [-0.2, 0) is 16.0 Å². The monoisotopic (exact) mass is 547 g/mol. The normalized spacial score (nSPS) is 18.9. The number of ether oxygens (including phenoxy) is 1. The summed E-state index contributed by atoms with van der Waals surface area (Å²) in [7, 11) is 0. The van der Waals surface area contributed by atoms with E-state index >= 15 is 0 Å². The Morgan fingerprint density at radius 3 is 2.37 bits per heavy atom. The van der Waals surface area contributed by atoms with Crippen LogP contribution in [0.2, 0.25) is 0 Å². The lowest BCUT2D eigenvalue weighted by molar-refractivity contribution is 0.0350. The Morgan fingerprint density at radius 1 is 1.11 bits per heavy atom. The zero-order valence-electron chi connectivity index (χ0n) is 22.7. The number of guanidine groups is 1. The highest BCUT2D eigenvalue weighted by Gasteiger charge is 2.41. The molecule has 2 heterocycles. The highest BCUT2D eigenvalue weighted by atomic mass is 32.2. The van der Waals surface area contributed by atoms with Crippen LogP contribution in [0, 0.1) is 11.5 Å². The third-order valence-corrected chi connectivity index (χ3v) is 8.83. The summed E-state index contributed by atoms with van der Waals surface area (Å²) < 4.78 is 30.0. The van der Waals surface area contributed by atoms with Gasteiger partial charge in [0.2, 0.25) is 23.4 Å². The van der Waals surface area contributed by atoms with E-state index in [9.17, 15) is 8.76 Å². The number of hydrogen-bond acceptors (Lipinski definition) is 6. The number of nitriles is 1. The maximum atomic E-state index is 12.4. The Hall–Kier alpha value is -2.10. The molecule has 10 nitrogen and oxygen atoms in total. The first-order valence-electron chi connectivity index (χ1n) is 14.1. The van der Waals surface area contributed by atoms with Crippen molar-refractivity contribution >= 4 is 22.9 Å². The first-order chi connectivity index (χ1) is 18.6. The molecule has 1 aromatic heterocycles. The summed E-state index contributed by atoms with van der Waals surface area (Å²) in [5, 5.41) is 8.88. The second-order valence-corrected chi connectivity index (χ2v) is 11.3. The number of morpholine rings is 1. The fourth-order valence-corrected chi connectivity index (χ4v) is 6.73. The molecule has 0 radical (unpaired) electrons. The van der Waals surface area contributed by atoms with E-state index in [1.54, 1.807) is 18.6 Å². The zero-order valence-corrected chi connectivity index (χ0v) is 23.5. The van der Waals surface area contributed by atoms with E-state index < -0.39 is 11.3 Å². The van der Waals surface area contributed by atoms with Crippen LogP contribution in [0.4, 0.5) is 5.69 Å². The molecule has 3 rings (SSSR count). The van der Waals surface area contributed by atoms with Crippen molar-refractivity contribution in [2.75, 3.05) is 50.8 Å². The Balaban J connectivity index is 1.37. The van der Waals surface area contributed by atoms with E-state index in [4.69, 9.17) is 15.7 Å². The predicted octanol–water partition coefficient (Wildman–Crippen LogP) is 3.89. The number of aliphatic imine (C=N–C) groups is 1. The van der Waals surface area contributed by atoms with Crippen LogP contribution in [0.5, 0.6) is 0 Å². The molecule has 1 unspecified atom stereocenters. The van der Waals surface area contributed by atoms with Crippen LogP contribution in [-0.4, -0.2) is 80.4 Å². The van der Waals surface area contributed by atoms with Gasteiger partial charge in [0.25, 0.3) is 0 Å². The number of anilines is 1. The summed E-state index contributed by atoms with van der Waals surface area (Å²) in [4.78, 5) is 12.0. The molecule has 3 N–H and O–H groups in total. The van der Waals surface area contributed by atoms with Crippen molar-refractivity contribution in [3.63, 3.8) is 0 Å². The summed E-state index contributed by atoms with van der Waals surface area (Å²) >= 11 is -1.94. The van der Waals surface area contributed by atoms with Gasteiger partial charge in [-0.05, 0) is 57.2 Å². The molecule has 2 fully saturated rings. The fraction of sp³-hybridized carbons (Fsp3) is 0.741. The minimum atomic E-state index is -1.94. The Morgan fingerprint density at radius 2 is 1.74 bits per heavy atom.